The van der Waals surface area contributed by atoms with Gasteiger partial charge in [0.15, 0.2) is 0 Å². The maximum atomic E-state index is 12.0. The third-order valence-electron chi connectivity index (χ3n) is 3.37. The van der Waals surface area contributed by atoms with E-state index in [1.807, 2.05) is 0 Å². The molecule has 0 radical (unpaired) electrons. The van der Waals surface area contributed by atoms with Crippen LogP contribution >= 0.6 is 0 Å². The number of ether oxygens (including phenoxy) is 1. The zero-order valence-electron chi connectivity index (χ0n) is 11.9. The average molecular weight is 332 g/mol. The van der Waals surface area contributed by atoms with Crippen molar-refractivity contribution in [2.24, 2.45) is 5.92 Å². The molecule has 1 aromatic rings. The van der Waals surface area contributed by atoms with E-state index in [0.29, 0.717) is 18.7 Å². The highest BCUT2D eigenvalue weighted by Gasteiger charge is 2.31. The molecule has 2 rings (SSSR count). The number of carboxylic acid groups (broad SMARTS) is 1. The highest BCUT2D eigenvalue weighted by atomic mass is 19.4. The predicted molar refractivity (Wildman–Crippen MR) is 73.9 cm³/mol. The first-order chi connectivity index (χ1) is 10.7. The lowest BCUT2D eigenvalue weighted by Gasteiger charge is -2.11. The van der Waals surface area contributed by atoms with Crippen LogP contribution in [0.1, 0.15) is 12.8 Å². The Labute approximate surface area is 129 Å². The lowest BCUT2D eigenvalue weighted by Crippen LogP contribution is -2.29. The summed E-state index contributed by atoms with van der Waals surface area (Å²) >= 11 is 0. The molecule has 0 aliphatic carbocycles. The van der Waals surface area contributed by atoms with Crippen LogP contribution in [0.4, 0.5) is 18.9 Å². The van der Waals surface area contributed by atoms with Gasteiger partial charge in [-0.05, 0) is 43.1 Å². The van der Waals surface area contributed by atoms with Gasteiger partial charge in [-0.15, -0.1) is 13.2 Å². The lowest BCUT2D eigenvalue weighted by atomic mass is 10.0. The summed E-state index contributed by atoms with van der Waals surface area (Å²) in [6, 6.07) is 4.14. The van der Waals surface area contributed by atoms with E-state index in [-0.39, 0.29) is 24.0 Å². The molecule has 126 valence electrons. The van der Waals surface area contributed by atoms with Crippen molar-refractivity contribution in [2.75, 3.05) is 11.9 Å². The van der Waals surface area contributed by atoms with Crippen LogP contribution in [0, 0.1) is 5.92 Å². The lowest BCUT2D eigenvalue weighted by molar-refractivity contribution is -0.274. The number of amides is 1. The van der Waals surface area contributed by atoms with Crippen LogP contribution in [-0.4, -0.2) is 35.9 Å². The third kappa shape index (κ3) is 5.44. The maximum absolute atomic E-state index is 12.0. The molecule has 0 saturated carbocycles. The fourth-order valence-corrected chi connectivity index (χ4v) is 2.37. The fourth-order valence-electron chi connectivity index (χ4n) is 2.37. The van der Waals surface area contributed by atoms with Crippen LogP contribution in [0.25, 0.3) is 0 Å². The summed E-state index contributed by atoms with van der Waals surface area (Å²) in [5, 5.41) is 14.2. The summed E-state index contributed by atoms with van der Waals surface area (Å²) in [6.07, 6.45) is -4.26. The number of carbonyl (C=O) groups is 2. The van der Waals surface area contributed by atoms with Crippen molar-refractivity contribution in [2.45, 2.75) is 25.2 Å². The summed E-state index contributed by atoms with van der Waals surface area (Å²) in [5.74, 6) is -1.75. The van der Waals surface area contributed by atoms with Crippen molar-refractivity contribution in [3.05, 3.63) is 24.3 Å². The van der Waals surface area contributed by atoms with E-state index >= 15 is 0 Å². The normalized spacial score (nSPS) is 21.0. The summed E-state index contributed by atoms with van der Waals surface area (Å²) < 4.78 is 39.8. The number of anilines is 1. The number of benzene rings is 1. The van der Waals surface area contributed by atoms with Crippen molar-refractivity contribution in [1.82, 2.24) is 5.32 Å². The van der Waals surface area contributed by atoms with Crippen LogP contribution in [-0.2, 0) is 9.59 Å². The number of nitrogens with one attached hydrogen (secondary N) is 2. The number of alkyl halides is 3. The average Bonchev–Trinajstić information content (AvgIpc) is 2.88. The van der Waals surface area contributed by atoms with Gasteiger partial charge in [-0.2, -0.15) is 0 Å². The number of carboxylic acids is 1. The Kier molecular flexibility index (Phi) is 5.09. The van der Waals surface area contributed by atoms with Crippen molar-refractivity contribution in [3.8, 4) is 5.75 Å². The maximum Gasteiger partial charge on any atom is 0.573 e. The second kappa shape index (κ2) is 6.86. The quantitative estimate of drug-likeness (QED) is 0.767. The molecule has 0 aromatic heterocycles. The number of hydrogen-bond acceptors (Lipinski definition) is 4. The van der Waals surface area contributed by atoms with E-state index in [1.54, 1.807) is 0 Å². The van der Waals surface area contributed by atoms with Crippen LogP contribution in [0.3, 0.4) is 0 Å². The minimum absolute atomic E-state index is 0.0936. The van der Waals surface area contributed by atoms with Gasteiger partial charge >= 0.3 is 12.3 Å². The van der Waals surface area contributed by atoms with Gasteiger partial charge in [-0.25, -0.2) is 0 Å². The summed E-state index contributed by atoms with van der Waals surface area (Å²) in [7, 11) is 0. The zero-order valence-corrected chi connectivity index (χ0v) is 11.9. The number of carbonyl (C=O) groups excluding carboxylic acids is 1. The first-order valence-electron chi connectivity index (χ1n) is 6.85. The van der Waals surface area contributed by atoms with E-state index in [4.69, 9.17) is 5.11 Å². The SMILES string of the molecule is O=C(CC1CNC(C(=O)O)C1)Nc1ccc(OC(F)(F)F)cc1. The van der Waals surface area contributed by atoms with E-state index in [2.05, 4.69) is 15.4 Å². The standard InChI is InChI=1S/C14H15F3N2O4/c15-14(16,17)23-10-3-1-9(2-4-10)19-12(20)6-8-5-11(13(21)22)18-7-8/h1-4,8,11,18H,5-7H2,(H,19,20)(H,21,22). The van der Waals surface area contributed by atoms with Crippen LogP contribution in [0.5, 0.6) is 5.75 Å². The highest BCUT2D eigenvalue weighted by molar-refractivity contribution is 5.91. The largest absolute Gasteiger partial charge is 0.573 e. The minimum Gasteiger partial charge on any atom is -0.480 e. The summed E-state index contributed by atoms with van der Waals surface area (Å²) in [4.78, 5) is 22.7. The third-order valence-corrected chi connectivity index (χ3v) is 3.37. The molecule has 9 heteroatoms. The molecule has 1 fully saturated rings. The Morgan fingerprint density at radius 1 is 1.30 bits per heavy atom. The number of halogens is 3. The van der Waals surface area contributed by atoms with Gasteiger partial charge in [0.1, 0.15) is 11.8 Å². The molecule has 0 bridgehead atoms. The molecule has 0 spiro atoms. The molecule has 1 aliphatic heterocycles. The highest BCUT2D eigenvalue weighted by Crippen LogP contribution is 2.24. The zero-order chi connectivity index (χ0) is 17.0. The number of aliphatic carboxylic acids is 1. The van der Waals surface area contributed by atoms with Gasteiger partial charge in [-0.3, -0.25) is 9.59 Å². The van der Waals surface area contributed by atoms with Gasteiger partial charge in [0.25, 0.3) is 0 Å². The van der Waals surface area contributed by atoms with Gasteiger partial charge in [-0.1, -0.05) is 0 Å². The van der Waals surface area contributed by atoms with Gasteiger partial charge in [0, 0.05) is 12.1 Å². The Bertz CT molecular complexity index is 574. The van der Waals surface area contributed by atoms with Crippen molar-refractivity contribution in [1.29, 1.82) is 0 Å². The predicted octanol–water partition coefficient (Wildman–Crippen LogP) is 1.98. The van der Waals surface area contributed by atoms with Crippen molar-refractivity contribution in [3.63, 3.8) is 0 Å². The molecular formula is C14H15F3N2O4. The Morgan fingerprint density at radius 2 is 1.96 bits per heavy atom. The second-order valence-corrected chi connectivity index (χ2v) is 5.23. The molecule has 2 atom stereocenters. The molecule has 3 N–H and O–H groups in total. The van der Waals surface area contributed by atoms with E-state index < -0.39 is 18.4 Å². The van der Waals surface area contributed by atoms with Gasteiger partial charge in [0.05, 0.1) is 0 Å². The Hall–Kier alpha value is -2.29. The summed E-state index contributed by atoms with van der Waals surface area (Å²) in [6.45, 7) is 0.433. The van der Waals surface area contributed by atoms with E-state index in [9.17, 15) is 22.8 Å². The van der Waals surface area contributed by atoms with Crippen LogP contribution in [0.2, 0.25) is 0 Å². The molecule has 2 unspecified atom stereocenters. The topological polar surface area (TPSA) is 87.7 Å². The molecule has 23 heavy (non-hydrogen) atoms. The molecule has 6 nitrogen and oxygen atoms in total. The van der Waals surface area contributed by atoms with Crippen molar-refractivity contribution >= 4 is 17.6 Å². The number of rotatable bonds is 5. The first-order valence-corrected chi connectivity index (χ1v) is 6.85. The molecule has 1 aliphatic rings. The Morgan fingerprint density at radius 3 is 2.48 bits per heavy atom. The van der Waals surface area contributed by atoms with E-state index in [0.717, 1.165) is 12.1 Å². The van der Waals surface area contributed by atoms with Crippen LogP contribution in [0.15, 0.2) is 24.3 Å². The molecule has 1 aromatic carbocycles. The molecular weight excluding hydrogens is 317 g/mol. The number of hydrogen-bond donors (Lipinski definition) is 3. The molecule has 1 heterocycles. The fraction of sp³-hybridized carbons (Fsp3) is 0.429. The molecule has 1 saturated heterocycles. The smallest absolute Gasteiger partial charge is 0.480 e. The van der Waals surface area contributed by atoms with Crippen LogP contribution < -0.4 is 15.4 Å². The first kappa shape index (κ1) is 17.1. The van der Waals surface area contributed by atoms with Gasteiger partial charge in [0.2, 0.25) is 5.91 Å². The van der Waals surface area contributed by atoms with E-state index in [1.165, 1.54) is 12.1 Å². The summed E-state index contributed by atoms with van der Waals surface area (Å²) in [5.41, 5.74) is 0.338. The van der Waals surface area contributed by atoms with Crippen molar-refractivity contribution < 1.29 is 32.6 Å². The Balaban J connectivity index is 1.83. The monoisotopic (exact) mass is 332 g/mol. The molecule has 1 amide bonds. The second-order valence-electron chi connectivity index (χ2n) is 5.23. The minimum atomic E-state index is -4.76. The van der Waals surface area contributed by atoms with Gasteiger partial charge < -0.3 is 20.5 Å².